The molecule has 12 rings (SSSR count). The Balaban J connectivity index is 1.19. The highest BCUT2D eigenvalue weighted by molar-refractivity contribution is 7.23. The van der Waals surface area contributed by atoms with Gasteiger partial charge >= 0.3 is 0 Å². The average Bonchev–Trinajstić information content (AvgIpc) is 3.68. The van der Waals surface area contributed by atoms with Crippen molar-refractivity contribution in [1.82, 2.24) is 0 Å². The zero-order valence-electron chi connectivity index (χ0n) is 35.3. The number of rotatable bonds is 8. The Labute approximate surface area is 375 Å². The lowest BCUT2D eigenvalue weighted by molar-refractivity contribution is 1.29. The van der Waals surface area contributed by atoms with Gasteiger partial charge in [-0.3, -0.25) is 0 Å². The molecule has 0 saturated carbocycles. The van der Waals surface area contributed by atoms with Gasteiger partial charge in [0.25, 0.3) is 0 Å². The van der Waals surface area contributed by atoms with Crippen molar-refractivity contribution in [2.24, 2.45) is 0 Å². The first-order valence-electron chi connectivity index (χ1n) is 22.2. The minimum absolute atomic E-state index is 1.10. The molecule has 0 radical (unpaired) electrons. The lowest BCUT2D eigenvalue weighted by Gasteiger charge is -2.34. The van der Waals surface area contributed by atoms with Gasteiger partial charge in [-0.25, -0.2) is 0 Å². The van der Waals surface area contributed by atoms with Crippen molar-refractivity contribution in [1.29, 1.82) is 0 Å². The van der Waals surface area contributed by atoms with Crippen LogP contribution in [0.1, 0.15) is 0 Å². The van der Waals surface area contributed by atoms with Crippen LogP contribution in [0.25, 0.3) is 66.1 Å². The minimum Gasteiger partial charge on any atom is -0.309 e. The van der Waals surface area contributed by atoms with Gasteiger partial charge in [-0.2, -0.15) is 0 Å². The molecule has 1 aliphatic heterocycles. The van der Waals surface area contributed by atoms with E-state index in [1.165, 1.54) is 86.8 Å². The van der Waals surface area contributed by atoms with E-state index in [1.807, 2.05) is 0 Å². The maximum atomic E-state index is 2.54. The monoisotopic (exact) mass is 829 g/mol. The fourth-order valence-electron chi connectivity index (χ4n) is 10.6. The summed E-state index contributed by atoms with van der Waals surface area (Å²) in [5, 5.41) is 10.8. The molecule has 0 saturated heterocycles. The lowest BCUT2D eigenvalue weighted by atomic mass is 9.95. The molecular formula is C62H43NSi. The van der Waals surface area contributed by atoms with Crippen LogP contribution in [0.3, 0.4) is 0 Å². The zero-order chi connectivity index (χ0) is 42.5. The van der Waals surface area contributed by atoms with Gasteiger partial charge in [0.15, 0.2) is 8.07 Å². The second kappa shape index (κ2) is 15.7. The van der Waals surface area contributed by atoms with Gasteiger partial charge in [-0.05, 0) is 106 Å². The third-order valence-electron chi connectivity index (χ3n) is 13.3. The van der Waals surface area contributed by atoms with Crippen LogP contribution in [-0.4, -0.2) is 8.07 Å². The van der Waals surface area contributed by atoms with E-state index in [2.05, 4.69) is 266 Å². The molecule has 0 unspecified atom stereocenters. The van der Waals surface area contributed by atoms with Crippen LogP contribution in [0, 0.1) is 0 Å². The molecule has 0 atom stereocenters. The smallest absolute Gasteiger partial charge is 0.182 e. The molecule has 11 aromatic carbocycles. The number of benzene rings is 11. The van der Waals surface area contributed by atoms with Crippen LogP contribution < -0.4 is 25.6 Å². The molecule has 1 heterocycles. The van der Waals surface area contributed by atoms with Crippen molar-refractivity contribution in [3.63, 3.8) is 0 Å². The van der Waals surface area contributed by atoms with Crippen molar-refractivity contribution in [3.05, 3.63) is 261 Å². The third kappa shape index (κ3) is 6.06. The molecule has 300 valence electrons. The van der Waals surface area contributed by atoms with Crippen molar-refractivity contribution in [2.45, 2.75) is 0 Å². The Morgan fingerprint density at radius 1 is 0.266 bits per heavy atom. The first-order chi connectivity index (χ1) is 31.8. The molecule has 0 bridgehead atoms. The summed E-state index contributed by atoms with van der Waals surface area (Å²) in [6.07, 6.45) is 0. The SMILES string of the molecule is c1ccc(-c2ccc(N(c3ccc(-c4ccccc4)cc3-c3ccccc3)c3cccc4c3-c3ccccc3[Si]4(c3cccc4ccccc34)c3cccc4ccccc34)cc2)cc1. The van der Waals surface area contributed by atoms with Gasteiger partial charge < -0.3 is 4.90 Å². The summed E-state index contributed by atoms with van der Waals surface area (Å²) >= 11 is 0. The van der Waals surface area contributed by atoms with Crippen LogP contribution in [0.15, 0.2) is 261 Å². The van der Waals surface area contributed by atoms with Crippen molar-refractivity contribution in [2.75, 3.05) is 4.90 Å². The Hall–Kier alpha value is -8.04. The number of anilines is 3. The molecule has 0 fully saturated rings. The number of hydrogen-bond donors (Lipinski definition) is 0. The highest BCUT2D eigenvalue weighted by atomic mass is 28.3. The molecule has 0 aromatic heterocycles. The average molecular weight is 830 g/mol. The van der Waals surface area contributed by atoms with Crippen molar-refractivity contribution >= 4 is 67.4 Å². The summed E-state index contributed by atoms with van der Waals surface area (Å²) in [6, 6.07) is 96.9. The molecule has 0 amide bonds. The Bertz CT molecular complexity index is 3400. The largest absolute Gasteiger partial charge is 0.309 e. The van der Waals surface area contributed by atoms with Crippen LogP contribution in [0.5, 0.6) is 0 Å². The molecular weight excluding hydrogens is 787 g/mol. The highest BCUT2D eigenvalue weighted by Gasteiger charge is 2.51. The summed E-state index contributed by atoms with van der Waals surface area (Å²) in [6.45, 7) is 0. The number of nitrogens with zero attached hydrogens (tertiary/aromatic N) is 1. The summed E-state index contributed by atoms with van der Waals surface area (Å²) in [5.41, 5.74) is 13.1. The number of hydrogen-bond acceptors (Lipinski definition) is 1. The van der Waals surface area contributed by atoms with Gasteiger partial charge in [0.2, 0.25) is 0 Å². The Morgan fingerprint density at radius 2 is 0.719 bits per heavy atom. The summed E-state index contributed by atoms with van der Waals surface area (Å²) in [7, 11) is -3.04. The molecule has 0 aliphatic carbocycles. The minimum atomic E-state index is -3.04. The van der Waals surface area contributed by atoms with E-state index >= 15 is 0 Å². The van der Waals surface area contributed by atoms with E-state index in [9.17, 15) is 0 Å². The van der Waals surface area contributed by atoms with E-state index < -0.39 is 8.07 Å². The predicted octanol–water partition coefficient (Wildman–Crippen LogP) is 13.8. The quantitative estimate of drug-likeness (QED) is 0.138. The van der Waals surface area contributed by atoms with Crippen LogP contribution in [0.4, 0.5) is 17.1 Å². The summed E-state index contributed by atoms with van der Waals surface area (Å²) in [4.78, 5) is 2.54. The van der Waals surface area contributed by atoms with E-state index in [4.69, 9.17) is 0 Å². The van der Waals surface area contributed by atoms with E-state index in [0.717, 1.165) is 17.1 Å². The molecule has 1 nitrogen and oxygen atoms in total. The summed E-state index contributed by atoms with van der Waals surface area (Å²) in [5.74, 6) is 0. The van der Waals surface area contributed by atoms with Gasteiger partial charge in [0, 0.05) is 16.8 Å². The standard InChI is InChI=1S/C62H43NSi/c1-4-19-44(20-5-1)46-37-40-51(41-38-46)63(56-42-39-50(45-21-6-2-7-22-45)43-55(56)49-23-8-3-9-24-49)57-32-18-36-61-62(57)54-31-14-15-33-60(54)64(61,58-34-16-27-47-25-10-12-29-52(47)58)59-35-17-28-48-26-11-13-30-53(48)59/h1-43H. The Morgan fingerprint density at radius 3 is 1.36 bits per heavy atom. The second-order valence-electron chi connectivity index (χ2n) is 16.8. The Kier molecular flexibility index (Phi) is 9.25. The van der Waals surface area contributed by atoms with Crippen LogP contribution in [0.2, 0.25) is 0 Å². The third-order valence-corrected chi connectivity index (χ3v) is 18.3. The predicted molar refractivity (Wildman–Crippen MR) is 275 cm³/mol. The lowest BCUT2D eigenvalue weighted by Crippen LogP contribution is -2.73. The van der Waals surface area contributed by atoms with Gasteiger partial charge in [-0.1, -0.05) is 231 Å². The number of fused-ring (bicyclic) bond motifs is 5. The van der Waals surface area contributed by atoms with Gasteiger partial charge in [0.1, 0.15) is 0 Å². The zero-order valence-corrected chi connectivity index (χ0v) is 36.3. The summed E-state index contributed by atoms with van der Waals surface area (Å²) < 4.78 is 0. The van der Waals surface area contributed by atoms with Crippen LogP contribution in [-0.2, 0) is 0 Å². The molecule has 11 aromatic rings. The topological polar surface area (TPSA) is 3.24 Å². The first kappa shape index (κ1) is 37.7. The van der Waals surface area contributed by atoms with E-state index in [1.54, 1.807) is 0 Å². The van der Waals surface area contributed by atoms with E-state index in [0.29, 0.717) is 0 Å². The fraction of sp³-hybridized carbons (Fsp3) is 0. The van der Waals surface area contributed by atoms with Crippen molar-refractivity contribution in [3.8, 4) is 44.5 Å². The molecule has 0 N–H and O–H groups in total. The maximum Gasteiger partial charge on any atom is 0.182 e. The second-order valence-corrected chi connectivity index (χ2v) is 20.4. The molecule has 1 aliphatic rings. The first-order valence-corrected chi connectivity index (χ1v) is 24.2. The van der Waals surface area contributed by atoms with Gasteiger partial charge in [-0.15, -0.1) is 0 Å². The highest BCUT2D eigenvalue weighted by Crippen LogP contribution is 2.47. The molecule has 64 heavy (non-hydrogen) atoms. The normalized spacial score (nSPS) is 12.5. The van der Waals surface area contributed by atoms with E-state index in [-0.39, 0.29) is 0 Å². The van der Waals surface area contributed by atoms with Crippen LogP contribution >= 0.6 is 0 Å². The fourth-order valence-corrected chi connectivity index (χ4v) is 16.2. The van der Waals surface area contributed by atoms with Gasteiger partial charge in [0.05, 0.1) is 11.4 Å². The maximum absolute atomic E-state index is 3.04. The molecule has 2 heteroatoms. The molecule has 0 spiro atoms. The van der Waals surface area contributed by atoms with Crippen molar-refractivity contribution < 1.29 is 0 Å².